The molecule has 4 rings (SSSR count). The van der Waals surface area contributed by atoms with E-state index in [9.17, 15) is 24.6 Å². The lowest BCUT2D eigenvalue weighted by Gasteiger charge is -2.56. The topological polar surface area (TPSA) is 101 Å². The number of Topliss-reactive ketones (excluding diaryl/α,β-unsaturated/α-hetero) is 2. The Balaban J connectivity index is 1.60. The van der Waals surface area contributed by atoms with Gasteiger partial charge in [-0.3, -0.25) is 14.4 Å². The van der Waals surface area contributed by atoms with E-state index in [1.807, 2.05) is 6.92 Å². The molecule has 0 aliphatic heterocycles. The number of hydrogen-bond donors (Lipinski definition) is 2. The van der Waals surface area contributed by atoms with Crippen LogP contribution in [0, 0.1) is 34.5 Å². The number of carbonyl (C=O) groups is 3. The number of aliphatic hydroxyl groups is 2. The molecule has 6 heteroatoms. The van der Waals surface area contributed by atoms with Crippen LogP contribution in [0.25, 0.3) is 0 Å². The molecule has 2 N–H and O–H groups in total. The number of aliphatic hydroxyl groups excluding tert-OH is 2. The standard InChI is InChI=1S/C23H30O6/c1-12(24)29-11-19(26)17-7-6-15-14-5-4-13-10-18(25)20(27)21(28)23(13,3)16(14)8-9-22(15,17)2/h10,14-17,25,27H,4-9,11H2,1-3H3/t14-,15-,16-,17-,22-,23-/m0/s1. The molecule has 29 heavy (non-hydrogen) atoms. The third kappa shape index (κ3) is 2.78. The van der Waals surface area contributed by atoms with E-state index in [1.54, 1.807) is 6.08 Å². The molecule has 0 spiro atoms. The van der Waals surface area contributed by atoms with Gasteiger partial charge in [-0.25, -0.2) is 0 Å². The second-order valence-electron chi connectivity index (χ2n) is 9.77. The first kappa shape index (κ1) is 20.2. The molecular weight excluding hydrogens is 372 g/mol. The minimum atomic E-state index is -0.777. The van der Waals surface area contributed by atoms with Gasteiger partial charge in [0.25, 0.3) is 0 Å². The number of fused-ring (bicyclic) bond motifs is 5. The number of allylic oxidation sites excluding steroid dienone is 3. The number of esters is 1. The second-order valence-corrected chi connectivity index (χ2v) is 9.77. The number of rotatable bonds is 3. The van der Waals surface area contributed by atoms with Crippen molar-refractivity contribution in [2.75, 3.05) is 6.61 Å². The van der Waals surface area contributed by atoms with Gasteiger partial charge in [0.05, 0.1) is 5.41 Å². The molecule has 0 aromatic heterocycles. The Kier molecular flexibility index (Phi) is 4.67. The van der Waals surface area contributed by atoms with Gasteiger partial charge in [-0.15, -0.1) is 0 Å². The van der Waals surface area contributed by atoms with Gasteiger partial charge in [-0.1, -0.05) is 12.5 Å². The number of ketones is 2. The van der Waals surface area contributed by atoms with Gasteiger partial charge in [0, 0.05) is 12.8 Å². The van der Waals surface area contributed by atoms with E-state index in [1.165, 1.54) is 6.92 Å². The first-order valence-electron chi connectivity index (χ1n) is 10.6. The summed E-state index contributed by atoms with van der Waals surface area (Å²) < 4.78 is 4.97. The molecule has 4 aliphatic carbocycles. The van der Waals surface area contributed by atoms with Crippen molar-refractivity contribution in [1.82, 2.24) is 0 Å². The zero-order valence-corrected chi connectivity index (χ0v) is 17.4. The van der Waals surface area contributed by atoms with Crippen LogP contribution in [0.4, 0.5) is 0 Å². The Bertz CT molecular complexity index is 838. The molecule has 0 aromatic carbocycles. The molecule has 6 nitrogen and oxygen atoms in total. The normalized spacial score (nSPS) is 41.2. The average molecular weight is 402 g/mol. The highest BCUT2D eigenvalue weighted by atomic mass is 16.5. The first-order chi connectivity index (χ1) is 13.6. The van der Waals surface area contributed by atoms with E-state index in [2.05, 4.69) is 6.92 Å². The molecule has 0 amide bonds. The molecule has 0 saturated heterocycles. The maximum Gasteiger partial charge on any atom is 0.303 e. The van der Waals surface area contributed by atoms with Gasteiger partial charge in [-0.05, 0) is 74.7 Å². The summed E-state index contributed by atoms with van der Waals surface area (Å²) >= 11 is 0. The number of carbonyl (C=O) groups excluding carboxylic acids is 3. The Hall–Kier alpha value is -2.11. The molecule has 3 saturated carbocycles. The van der Waals surface area contributed by atoms with Gasteiger partial charge in [0.1, 0.15) is 6.61 Å². The smallest absolute Gasteiger partial charge is 0.303 e. The molecule has 0 unspecified atom stereocenters. The van der Waals surface area contributed by atoms with Crippen LogP contribution in [0.3, 0.4) is 0 Å². The molecule has 0 radical (unpaired) electrons. The summed E-state index contributed by atoms with van der Waals surface area (Å²) in [6.07, 6.45) is 6.61. The zero-order valence-electron chi connectivity index (χ0n) is 17.4. The van der Waals surface area contributed by atoms with Gasteiger partial charge >= 0.3 is 5.97 Å². The predicted molar refractivity (Wildman–Crippen MR) is 105 cm³/mol. The fourth-order valence-electron chi connectivity index (χ4n) is 7.16. The first-order valence-corrected chi connectivity index (χ1v) is 10.6. The zero-order chi connectivity index (χ0) is 21.1. The molecular formula is C23H30O6. The molecule has 4 aliphatic rings. The number of hydrogen-bond acceptors (Lipinski definition) is 6. The van der Waals surface area contributed by atoms with E-state index in [4.69, 9.17) is 4.74 Å². The molecule has 3 fully saturated rings. The maximum absolute atomic E-state index is 13.0. The molecule has 0 heterocycles. The molecule has 158 valence electrons. The van der Waals surface area contributed by atoms with Gasteiger partial charge in [-0.2, -0.15) is 0 Å². The van der Waals surface area contributed by atoms with E-state index < -0.39 is 17.1 Å². The van der Waals surface area contributed by atoms with Crippen LogP contribution in [0.1, 0.15) is 59.3 Å². The van der Waals surface area contributed by atoms with E-state index in [0.29, 0.717) is 11.8 Å². The van der Waals surface area contributed by atoms with Gasteiger partial charge in [0.15, 0.2) is 11.5 Å². The minimum Gasteiger partial charge on any atom is -0.504 e. The Morgan fingerprint density at radius 1 is 1.14 bits per heavy atom. The Labute approximate surface area is 171 Å². The highest BCUT2D eigenvalue weighted by molar-refractivity contribution is 6.02. The van der Waals surface area contributed by atoms with Crippen LogP contribution in [-0.2, 0) is 19.1 Å². The quantitative estimate of drug-likeness (QED) is 0.696. The van der Waals surface area contributed by atoms with E-state index in [-0.39, 0.29) is 41.2 Å². The lowest BCUT2D eigenvalue weighted by Crippen LogP contribution is -2.54. The minimum absolute atomic E-state index is 0.00509. The Morgan fingerprint density at radius 3 is 2.55 bits per heavy atom. The fourth-order valence-corrected chi connectivity index (χ4v) is 7.16. The maximum atomic E-state index is 13.0. The van der Waals surface area contributed by atoms with Crippen LogP contribution in [0.15, 0.2) is 23.2 Å². The third-order valence-electron chi connectivity index (χ3n) is 8.64. The predicted octanol–water partition coefficient (Wildman–Crippen LogP) is 3.81. The largest absolute Gasteiger partial charge is 0.504 e. The van der Waals surface area contributed by atoms with E-state index in [0.717, 1.165) is 44.1 Å². The van der Waals surface area contributed by atoms with Crippen molar-refractivity contribution in [2.45, 2.75) is 59.3 Å². The van der Waals surface area contributed by atoms with Crippen molar-refractivity contribution < 1.29 is 29.3 Å². The molecule has 6 atom stereocenters. The van der Waals surface area contributed by atoms with Crippen molar-refractivity contribution in [3.8, 4) is 0 Å². The highest BCUT2D eigenvalue weighted by Gasteiger charge is 2.62. The van der Waals surface area contributed by atoms with Crippen molar-refractivity contribution in [3.05, 3.63) is 23.2 Å². The van der Waals surface area contributed by atoms with Crippen LogP contribution in [0.2, 0.25) is 0 Å². The summed E-state index contributed by atoms with van der Waals surface area (Å²) in [6.45, 7) is 5.27. The molecule has 0 aromatic rings. The highest BCUT2D eigenvalue weighted by Crippen LogP contribution is 2.66. The SMILES string of the molecule is CC(=O)OCC(=O)[C@@H]1CC[C@H]2[C@@H]3CCC4=CC(O)=C(O)C(=O)[C@]4(C)[C@H]3CC[C@]12C. The summed E-state index contributed by atoms with van der Waals surface area (Å²) in [5.41, 5.74) is -0.00294. The summed E-state index contributed by atoms with van der Waals surface area (Å²) in [5, 5.41) is 20.1. The second kappa shape index (κ2) is 6.71. The van der Waals surface area contributed by atoms with Crippen molar-refractivity contribution >= 4 is 17.5 Å². The van der Waals surface area contributed by atoms with Gasteiger partial charge < -0.3 is 14.9 Å². The molecule has 0 bridgehead atoms. The van der Waals surface area contributed by atoms with Crippen LogP contribution >= 0.6 is 0 Å². The Morgan fingerprint density at radius 2 is 1.86 bits per heavy atom. The van der Waals surface area contributed by atoms with Crippen molar-refractivity contribution in [2.24, 2.45) is 34.5 Å². The van der Waals surface area contributed by atoms with Crippen LogP contribution in [0.5, 0.6) is 0 Å². The number of ether oxygens (including phenoxy) is 1. The lowest BCUT2D eigenvalue weighted by atomic mass is 9.46. The monoisotopic (exact) mass is 402 g/mol. The third-order valence-corrected chi connectivity index (χ3v) is 8.64. The fraction of sp³-hybridized carbons (Fsp3) is 0.696. The van der Waals surface area contributed by atoms with Crippen LogP contribution in [-0.4, -0.2) is 34.4 Å². The summed E-state index contributed by atoms with van der Waals surface area (Å²) in [4.78, 5) is 36.9. The van der Waals surface area contributed by atoms with Gasteiger partial charge in [0.2, 0.25) is 11.5 Å². The van der Waals surface area contributed by atoms with Crippen LogP contribution < -0.4 is 0 Å². The van der Waals surface area contributed by atoms with E-state index >= 15 is 0 Å². The summed E-state index contributed by atoms with van der Waals surface area (Å²) in [7, 11) is 0. The lowest BCUT2D eigenvalue weighted by molar-refractivity contribution is -0.149. The summed E-state index contributed by atoms with van der Waals surface area (Å²) in [6, 6.07) is 0. The average Bonchev–Trinajstić information content (AvgIpc) is 3.03. The summed E-state index contributed by atoms with van der Waals surface area (Å²) in [5.74, 6) is -1.02. The van der Waals surface area contributed by atoms with Crippen molar-refractivity contribution in [1.29, 1.82) is 0 Å². The van der Waals surface area contributed by atoms with Crippen molar-refractivity contribution in [3.63, 3.8) is 0 Å².